The Hall–Kier alpha value is -1.80. The summed E-state index contributed by atoms with van der Waals surface area (Å²) in [6.07, 6.45) is -0.201. The van der Waals surface area contributed by atoms with Crippen LogP contribution in [0.25, 0.3) is 10.1 Å². The Morgan fingerprint density at radius 3 is 2.61 bits per heavy atom. The van der Waals surface area contributed by atoms with Crippen molar-refractivity contribution in [1.29, 1.82) is 0 Å². The molecule has 1 aromatic heterocycles. The number of methoxy groups -OCH3 is 1. The fourth-order valence-corrected chi connectivity index (χ4v) is 6.29. The molecule has 4 nitrogen and oxygen atoms in total. The zero-order valence-electron chi connectivity index (χ0n) is 15.4. The fourth-order valence-electron chi connectivity index (χ4n) is 5.17. The number of nitrogens with one attached hydrogen (secondary N) is 1. The summed E-state index contributed by atoms with van der Waals surface area (Å²) in [5.41, 5.74) is -0.716. The molecule has 0 unspecified atom stereocenters. The number of hydrogen-bond donors (Lipinski definition) is 1. The van der Waals surface area contributed by atoms with Crippen molar-refractivity contribution in [3.8, 4) is 5.75 Å². The van der Waals surface area contributed by atoms with Crippen LogP contribution in [0.5, 0.6) is 5.75 Å². The van der Waals surface area contributed by atoms with Crippen molar-refractivity contribution < 1.29 is 22.7 Å². The van der Waals surface area contributed by atoms with E-state index >= 15 is 0 Å². The van der Waals surface area contributed by atoms with Gasteiger partial charge in [0.25, 0.3) is 5.91 Å². The second kappa shape index (κ2) is 6.10. The number of halogens is 3. The number of thiophene rings is 1. The van der Waals surface area contributed by atoms with Gasteiger partial charge < -0.3 is 10.1 Å². The van der Waals surface area contributed by atoms with Crippen molar-refractivity contribution in [1.82, 2.24) is 10.2 Å². The van der Waals surface area contributed by atoms with Gasteiger partial charge in [-0.25, -0.2) is 0 Å². The number of ether oxygens (including phenoxy) is 1. The molecule has 28 heavy (non-hydrogen) atoms. The number of hydrogen-bond acceptors (Lipinski definition) is 4. The van der Waals surface area contributed by atoms with E-state index in [0.29, 0.717) is 16.2 Å². The third-order valence-corrected chi connectivity index (χ3v) is 7.81. The molecule has 150 valence electrons. The highest BCUT2D eigenvalue weighted by Crippen LogP contribution is 2.54. The number of benzene rings is 1. The predicted molar refractivity (Wildman–Crippen MR) is 101 cm³/mol. The van der Waals surface area contributed by atoms with Gasteiger partial charge in [-0.15, -0.1) is 11.3 Å². The maximum Gasteiger partial charge on any atom is 0.421 e. The normalized spacial score (nSPS) is 27.9. The van der Waals surface area contributed by atoms with Crippen LogP contribution < -0.4 is 10.1 Å². The quantitative estimate of drug-likeness (QED) is 0.821. The molecule has 1 amide bonds. The van der Waals surface area contributed by atoms with Gasteiger partial charge in [0.15, 0.2) is 0 Å². The summed E-state index contributed by atoms with van der Waals surface area (Å²) in [5.74, 6) is -0.0156. The molecule has 4 heterocycles. The van der Waals surface area contributed by atoms with Gasteiger partial charge >= 0.3 is 6.18 Å². The van der Waals surface area contributed by atoms with Gasteiger partial charge in [-0.2, -0.15) is 13.2 Å². The van der Waals surface area contributed by atoms with E-state index in [2.05, 4.69) is 10.2 Å². The average Bonchev–Trinajstić information content (AvgIpc) is 3.32. The first-order valence-electron chi connectivity index (χ1n) is 9.57. The minimum absolute atomic E-state index is 0.0482. The molecule has 8 heteroatoms. The Morgan fingerprint density at radius 2 is 2.00 bits per heavy atom. The molecule has 1 saturated carbocycles. The molecule has 6 rings (SSSR count). The molecule has 4 fully saturated rings. The monoisotopic (exact) mass is 410 g/mol. The topological polar surface area (TPSA) is 41.6 Å². The van der Waals surface area contributed by atoms with Gasteiger partial charge in [-0.05, 0) is 68.3 Å². The van der Waals surface area contributed by atoms with Crippen molar-refractivity contribution in [3.05, 3.63) is 28.6 Å². The van der Waals surface area contributed by atoms with Gasteiger partial charge in [0.05, 0.1) is 22.7 Å². The lowest BCUT2D eigenvalue weighted by atomic mass is 9.77. The van der Waals surface area contributed by atoms with Gasteiger partial charge in [0, 0.05) is 5.54 Å². The lowest BCUT2D eigenvalue weighted by Crippen LogP contribution is -2.65. The van der Waals surface area contributed by atoms with Crippen LogP contribution in [0.1, 0.15) is 40.9 Å². The molecule has 1 aliphatic carbocycles. The second-order valence-electron chi connectivity index (χ2n) is 8.05. The minimum atomic E-state index is -4.54. The van der Waals surface area contributed by atoms with Crippen LogP contribution >= 0.6 is 11.3 Å². The van der Waals surface area contributed by atoms with Gasteiger partial charge in [-0.3, -0.25) is 9.69 Å². The summed E-state index contributed by atoms with van der Waals surface area (Å²) in [7, 11) is 1.22. The number of fused-ring (bicyclic) bond motifs is 3. The Bertz CT molecular complexity index is 943. The Balaban J connectivity index is 1.47. The van der Waals surface area contributed by atoms with E-state index in [4.69, 9.17) is 4.74 Å². The van der Waals surface area contributed by atoms with Crippen LogP contribution in [-0.2, 0) is 6.18 Å². The van der Waals surface area contributed by atoms with E-state index in [0.717, 1.165) is 50.1 Å². The Labute approximate surface area is 164 Å². The third-order valence-electron chi connectivity index (χ3n) is 6.64. The maximum atomic E-state index is 13.6. The number of rotatable bonds is 3. The average molecular weight is 410 g/mol. The highest BCUT2D eigenvalue weighted by Gasteiger charge is 2.60. The zero-order valence-corrected chi connectivity index (χ0v) is 16.3. The van der Waals surface area contributed by atoms with Crippen molar-refractivity contribution in [2.45, 2.75) is 43.4 Å². The number of piperidine rings is 3. The molecule has 0 radical (unpaired) electrons. The molecular formula is C20H21F3N2O2S. The van der Waals surface area contributed by atoms with Crippen molar-refractivity contribution >= 4 is 27.3 Å². The van der Waals surface area contributed by atoms with Crippen LogP contribution in [0.15, 0.2) is 18.2 Å². The van der Waals surface area contributed by atoms with Crippen LogP contribution in [0.4, 0.5) is 13.2 Å². The molecule has 2 aromatic rings. The van der Waals surface area contributed by atoms with E-state index in [1.54, 1.807) is 12.1 Å². The van der Waals surface area contributed by atoms with E-state index in [1.807, 2.05) is 0 Å². The van der Waals surface area contributed by atoms with Crippen LogP contribution in [0.3, 0.4) is 0 Å². The number of carbonyl (C=O) groups excluding carboxylic acids is 1. The highest BCUT2D eigenvalue weighted by atomic mass is 32.1. The van der Waals surface area contributed by atoms with Crippen LogP contribution in [-0.4, -0.2) is 42.6 Å². The van der Waals surface area contributed by atoms with Gasteiger partial charge in [-0.1, -0.05) is 0 Å². The SMILES string of the molecule is COc1ccc2cc(C(=O)N[C@H]3C4CCN(CC4)C34CC4)sc2c1C(F)(F)F. The summed E-state index contributed by atoms with van der Waals surface area (Å²) in [5, 5.41) is 3.60. The predicted octanol–water partition coefficient (Wildman–Crippen LogP) is 4.29. The molecule has 1 N–H and O–H groups in total. The third kappa shape index (κ3) is 2.64. The summed E-state index contributed by atoms with van der Waals surface area (Å²) in [6.45, 7) is 2.18. The van der Waals surface area contributed by atoms with E-state index in [1.165, 1.54) is 13.2 Å². The van der Waals surface area contributed by atoms with Gasteiger partial charge in [0.2, 0.25) is 0 Å². The fraction of sp³-hybridized carbons (Fsp3) is 0.550. The molecule has 1 spiro atoms. The summed E-state index contributed by atoms with van der Waals surface area (Å²) in [4.78, 5) is 15.8. The maximum absolute atomic E-state index is 13.6. The first kappa shape index (κ1) is 18.2. The van der Waals surface area contributed by atoms with Gasteiger partial charge in [0.1, 0.15) is 11.3 Å². The first-order chi connectivity index (χ1) is 13.3. The zero-order chi connectivity index (χ0) is 19.7. The highest BCUT2D eigenvalue weighted by molar-refractivity contribution is 7.21. The lowest BCUT2D eigenvalue weighted by Gasteiger charge is -2.52. The summed E-state index contributed by atoms with van der Waals surface area (Å²) >= 11 is 0.892. The second-order valence-corrected chi connectivity index (χ2v) is 9.10. The van der Waals surface area contributed by atoms with Crippen molar-refractivity contribution in [3.63, 3.8) is 0 Å². The number of nitrogens with zero attached hydrogens (tertiary/aromatic N) is 1. The number of amides is 1. The lowest BCUT2D eigenvalue weighted by molar-refractivity contribution is -0.137. The van der Waals surface area contributed by atoms with E-state index in [9.17, 15) is 18.0 Å². The molecule has 2 bridgehead atoms. The molecule has 3 aliphatic heterocycles. The smallest absolute Gasteiger partial charge is 0.421 e. The number of alkyl halides is 3. The summed E-state index contributed by atoms with van der Waals surface area (Å²) in [6, 6.07) is 4.55. The standard InChI is InChI=1S/C20H21F3N2O2S/c1-27-13-3-2-12-10-14(28-16(12)15(13)20(21,22)23)18(26)24-17-11-4-8-25(9-5-11)19(17)6-7-19/h2-3,10-11,17H,4-9H2,1H3,(H,24,26)/t17-/m0/s1. The first-order valence-corrected chi connectivity index (χ1v) is 10.4. The Morgan fingerprint density at radius 1 is 1.29 bits per heavy atom. The van der Waals surface area contributed by atoms with Crippen molar-refractivity contribution in [2.24, 2.45) is 5.92 Å². The Kier molecular flexibility index (Phi) is 3.97. The van der Waals surface area contributed by atoms with E-state index in [-0.39, 0.29) is 27.9 Å². The molecule has 1 aromatic carbocycles. The van der Waals surface area contributed by atoms with Crippen LogP contribution in [0.2, 0.25) is 0 Å². The van der Waals surface area contributed by atoms with Crippen LogP contribution in [0, 0.1) is 5.92 Å². The molecular weight excluding hydrogens is 389 g/mol. The molecule has 4 aliphatic rings. The molecule has 1 atom stereocenters. The minimum Gasteiger partial charge on any atom is -0.496 e. The number of carbonyl (C=O) groups is 1. The molecule has 3 saturated heterocycles. The van der Waals surface area contributed by atoms with E-state index < -0.39 is 11.7 Å². The summed E-state index contributed by atoms with van der Waals surface area (Å²) < 4.78 is 45.7. The largest absolute Gasteiger partial charge is 0.496 e. The van der Waals surface area contributed by atoms with Crippen molar-refractivity contribution in [2.75, 3.05) is 20.2 Å².